The van der Waals surface area contributed by atoms with Gasteiger partial charge in [-0.3, -0.25) is 4.90 Å². The Bertz CT molecular complexity index is 206. The number of aliphatic hydroxyl groups is 1. The fourth-order valence-corrected chi connectivity index (χ4v) is 2.57. The molecule has 15 heavy (non-hydrogen) atoms. The minimum atomic E-state index is -0.362. The molecule has 0 saturated carbocycles. The van der Waals surface area contributed by atoms with E-state index in [9.17, 15) is 5.11 Å². The van der Waals surface area contributed by atoms with Gasteiger partial charge in [-0.1, -0.05) is 0 Å². The lowest BCUT2D eigenvalue weighted by molar-refractivity contribution is -0.149. The third kappa shape index (κ3) is 2.50. The number of aliphatic hydroxyl groups excluding tert-OH is 1. The first-order valence-electron chi connectivity index (χ1n) is 5.84. The fraction of sp³-hybridized carbons (Fsp3) is 1.00. The van der Waals surface area contributed by atoms with Crippen LogP contribution in [-0.4, -0.2) is 60.7 Å². The lowest BCUT2D eigenvalue weighted by Crippen LogP contribution is -2.56. The zero-order valence-electron chi connectivity index (χ0n) is 9.56. The van der Waals surface area contributed by atoms with Crippen molar-refractivity contribution in [3.63, 3.8) is 0 Å². The van der Waals surface area contributed by atoms with Crippen LogP contribution in [-0.2, 0) is 9.47 Å². The summed E-state index contributed by atoms with van der Waals surface area (Å²) < 4.78 is 10.9. The molecule has 2 rings (SSSR count). The van der Waals surface area contributed by atoms with E-state index in [2.05, 4.69) is 11.8 Å². The van der Waals surface area contributed by atoms with Crippen LogP contribution in [0.3, 0.4) is 0 Å². The van der Waals surface area contributed by atoms with Crippen LogP contribution in [0.1, 0.15) is 20.3 Å². The van der Waals surface area contributed by atoms with Crippen LogP contribution in [0.2, 0.25) is 0 Å². The molecule has 2 saturated heterocycles. The van der Waals surface area contributed by atoms with E-state index in [1.807, 2.05) is 6.92 Å². The highest BCUT2D eigenvalue weighted by atomic mass is 16.5. The Balaban J connectivity index is 1.98. The maximum Gasteiger partial charge on any atom is 0.0954 e. The van der Waals surface area contributed by atoms with Crippen molar-refractivity contribution in [2.45, 2.75) is 44.6 Å². The molecule has 2 aliphatic heterocycles. The van der Waals surface area contributed by atoms with E-state index in [0.717, 1.165) is 32.7 Å². The second-order valence-corrected chi connectivity index (χ2v) is 4.59. The van der Waals surface area contributed by atoms with Gasteiger partial charge >= 0.3 is 0 Å². The summed E-state index contributed by atoms with van der Waals surface area (Å²) >= 11 is 0. The molecule has 88 valence electrons. The minimum Gasteiger partial charge on any atom is -0.389 e. The number of hydrogen-bond acceptors (Lipinski definition) is 4. The van der Waals surface area contributed by atoms with Crippen LogP contribution in [0, 0.1) is 0 Å². The highest BCUT2D eigenvalue weighted by Crippen LogP contribution is 2.24. The molecule has 4 nitrogen and oxygen atoms in total. The van der Waals surface area contributed by atoms with Crippen molar-refractivity contribution >= 4 is 0 Å². The number of ether oxygens (including phenoxy) is 2. The van der Waals surface area contributed by atoms with Gasteiger partial charge in [-0.15, -0.1) is 0 Å². The van der Waals surface area contributed by atoms with E-state index in [1.54, 1.807) is 0 Å². The molecule has 0 aliphatic carbocycles. The summed E-state index contributed by atoms with van der Waals surface area (Å²) in [4.78, 5) is 2.34. The topological polar surface area (TPSA) is 41.9 Å². The lowest BCUT2D eigenvalue weighted by Gasteiger charge is -2.44. The Morgan fingerprint density at radius 1 is 1.20 bits per heavy atom. The summed E-state index contributed by atoms with van der Waals surface area (Å²) in [5.74, 6) is 0. The van der Waals surface area contributed by atoms with E-state index in [-0.39, 0.29) is 24.4 Å². The fourth-order valence-electron chi connectivity index (χ4n) is 2.57. The van der Waals surface area contributed by atoms with E-state index in [0.29, 0.717) is 0 Å². The van der Waals surface area contributed by atoms with Crippen molar-refractivity contribution in [2.24, 2.45) is 0 Å². The van der Waals surface area contributed by atoms with Crippen molar-refractivity contribution in [1.29, 1.82) is 0 Å². The summed E-state index contributed by atoms with van der Waals surface area (Å²) in [5.41, 5.74) is 0. The Morgan fingerprint density at radius 2 is 1.87 bits per heavy atom. The van der Waals surface area contributed by atoms with E-state index in [1.165, 1.54) is 0 Å². The van der Waals surface area contributed by atoms with Gasteiger partial charge in [-0.25, -0.2) is 0 Å². The maximum atomic E-state index is 10.1. The molecule has 0 radical (unpaired) electrons. The molecular formula is C11H21NO3. The molecule has 2 aliphatic rings. The third-order valence-electron chi connectivity index (χ3n) is 3.41. The van der Waals surface area contributed by atoms with Crippen LogP contribution < -0.4 is 0 Å². The summed E-state index contributed by atoms with van der Waals surface area (Å²) in [6, 6.07) is 0.243. The molecule has 0 bridgehead atoms. The van der Waals surface area contributed by atoms with Crippen LogP contribution in [0.15, 0.2) is 0 Å². The van der Waals surface area contributed by atoms with E-state index in [4.69, 9.17) is 9.47 Å². The van der Waals surface area contributed by atoms with Gasteiger partial charge in [-0.05, 0) is 20.3 Å². The van der Waals surface area contributed by atoms with Crippen LogP contribution in [0.25, 0.3) is 0 Å². The molecule has 1 N–H and O–H groups in total. The van der Waals surface area contributed by atoms with Crippen molar-refractivity contribution < 1.29 is 14.6 Å². The van der Waals surface area contributed by atoms with Gasteiger partial charge in [-0.2, -0.15) is 0 Å². The van der Waals surface area contributed by atoms with Gasteiger partial charge in [0.05, 0.1) is 31.5 Å². The molecule has 0 aromatic rings. The highest BCUT2D eigenvalue weighted by Gasteiger charge is 2.37. The quantitative estimate of drug-likeness (QED) is 0.680. The first kappa shape index (κ1) is 11.3. The molecule has 4 atom stereocenters. The zero-order chi connectivity index (χ0) is 10.8. The van der Waals surface area contributed by atoms with Gasteiger partial charge in [0.2, 0.25) is 0 Å². The third-order valence-corrected chi connectivity index (χ3v) is 3.41. The van der Waals surface area contributed by atoms with Crippen molar-refractivity contribution in [1.82, 2.24) is 4.90 Å². The molecule has 0 aromatic carbocycles. The molecule has 0 spiro atoms. The average molecular weight is 215 g/mol. The first-order valence-corrected chi connectivity index (χ1v) is 5.84. The zero-order valence-corrected chi connectivity index (χ0v) is 9.56. The standard InChI is InChI=1S/C11H21NO3/c1-8-7-10(11(13)9(2)15-8)12-3-5-14-6-4-12/h8-11,13H,3-7H2,1-2H3/t8-,9+,10?,11?/m1/s1. The number of nitrogens with zero attached hydrogens (tertiary/aromatic N) is 1. The monoisotopic (exact) mass is 215 g/mol. The predicted molar refractivity (Wildman–Crippen MR) is 56.8 cm³/mol. The van der Waals surface area contributed by atoms with Crippen molar-refractivity contribution in [3.8, 4) is 0 Å². The van der Waals surface area contributed by atoms with Gasteiger partial charge in [0, 0.05) is 19.1 Å². The molecule has 0 amide bonds. The number of hydrogen-bond donors (Lipinski definition) is 1. The molecule has 0 aromatic heterocycles. The Hall–Kier alpha value is -0.160. The number of morpholine rings is 1. The average Bonchev–Trinajstić information content (AvgIpc) is 2.24. The van der Waals surface area contributed by atoms with Gasteiger partial charge in [0.25, 0.3) is 0 Å². The van der Waals surface area contributed by atoms with Gasteiger partial charge < -0.3 is 14.6 Å². The van der Waals surface area contributed by atoms with Crippen LogP contribution in [0.5, 0.6) is 0 Å². The van der Waals surface area contributed by atoms with Crippen LogP contribution >= 0.6 is 0 Å². The second-order valence-electron chi connectivity index (χ2n) is 4.59. The van der Waals surface area contributed by atoms with Gasteiger partial charge in [0.1, 0.15) is 0 Å². The summed E-state index contributed by atoms with van der Waals surface area (Å²) in [7, 11) is 0. The van der Waals surface area contributed by atoms with Crippen molar-refractivity contribution in [3.05, 3.63) is 0 Å². The molecule has 4 heteroatoms. The number of rotatable bonds is 1. The summed E-state index contributed by atoms with van der Waals surface area (Å²) in [6.07, 6.45) is 0.753. The van der Waals surface area contributed by atoms with E-state index < -0.39 is 0 Å². The van der Waals surface area contributed by atoms with Crippen LogP contribution in [0.4, 0.5) is 0 Å². The normalized spacial score (nSPS) is 44.2. The smallest absolute Gasteiger partial charge is 0.0954 e. The Labute approximate surface area is 91.2 Å². The predicted octanol–water partition coefficient (Wildman–Crippen LogP) is 0.245. The minimum absolute atomic E-state index is 0.0541. The van der Waals surface area contributed by atoms with Crippen molar-refractivity contribution in [2.75, 3.05) is 26.3 Å². The molecular weight excluding hydrogens is 194 g/mol. The molecule has 2 fully saturated rings. The maximum absolute atomic E-state index is 10.1. The lowest BCUT2D eigenvalue weighted by atomic mass is 9.95. The first-order chi connectivity index (χ1) is 7.18. The molecule has 2 heterocycles. The largest absolute Gasteiger partial charge is 0.389 e. The highest BCUT2D eigenvalue weighted by molar-refractivity contribution is 4.89. The Kier molecular flexibility index (Phi) is 3.61. The Morgan fingerprint density at radius 3 is 2.53 bits per heavy atom. The SMILES string of the molecule is C[C@@H]1CC(N2CCOCC2)C(O)[C@H](C)O1. The second kappa shape index (κ2) is 4.78. The summed E-state index contributed by atoms with van der Waals surface area (Å²) in [6.45, 7) is 7.46. The summed E-state index contributed by atoms with van der Waals surface area (Å²) in [5, 5.41) is 10.1. The van der Waals surface area contributed by atoms with E-state index >= 15 is 0 Å². The van der Waals surface area contributed by atoms with Gasteiger partial charge in [0.15, 0.2) is 0 Å². The molecule has 2 unspecified atom stereocenters.